The Morgan fingerprint density at radius 3 is 2.22 bits per heavy atom. The van der Waals surface area contributed by atoms with Gasteiger partial charge < -0.3 is 14.5 Å². The number of amides is 2. The lowest BCUT2D eigenvalue weighted by Gasteiger charge is -2.35. The van der Waals surface area contributed by atoms with Gasteiger partial charge in [0.05, 0.1) is 13.5 Å². The van der Waals surface area contributed by atoms with Crippen LogP contribution in [0.25, 0.3) is 0 Å². The Balaban J connectivity index is 1.56. The van der Waals surface area contributed by atoms with Gasteiger partial charge in [0.15, 0.2) is 0 Å². The quantitative estimate of drug-likeness (QED) is 0.831. The van der Waals surface area contributed by atoms with Gasteiger partial charge >= 0.3 is 0 Å². The van der Waals surface area contributed by atoms with Crippen LogP contribution in [-0.4, -0.2) is 54.9 Å². The standard InChI is InChI=1S/C21H23FN2O3/c1-15-13-17(5-8-19(15)27-2)21(26)24-11-9-23(10-12-24)20(25)14-16-3-6-18(22)7-4-16/h3-8,13H,9-12,14H2,1-2H3. The fraction of sp³-hybridized carbons (Fsp3) is 0.333. The van der Waals surface area contributed by atoms with Gasteiger partial charge in [0, 0.05) is 31.7 Å². The molecule has 5 nitrogen and oxygen atoms in total. The highest BCUT2D eigenvalue weighted by Crippen LogP contribution is 2.20. The second kappa shape index (κ2) is 8.20. The highest BCUT2D eigenvalue weighted by Gasteiger charge is 2.25. The van der Waals surface area contributed by atoms with E-state index in [1.165, 1.54) is 12.1 Å². The first kappa shape index (κ1) is 18.9. The molecular formula is C21H23FN2O3. The van der Waals surface area contributed by atoms with Crippen LogP contribution in [0.2, 0.25) is 0 Å². The average Bonchev–Trinajstić information content (AvgIpc) is 2.69. The van der Waals surface area contributed by atoms with E-state index in [1.807, 2.05) is 13.0 Å². The van der Waals surface area contributed by atoms with Gasteiger partial charge in [-0.3, -0.25) is 9.59 Å². The number of piperazine rings is 1. The molecule has 1 heterocycles. The van der Waals surface area contributed by atoms with Crippen molar-refractivity contribution in [3.8, 4) is 5.75 Å². The minimum Gasteiger partial charge on any atom is -0.496 e. The molecule has 0 N–H and O–H groups in total. The summed E-state index contributed by atoms with van der Waals surface area (Å²) in [5, 5.41) is 0. The molecule has 0 saturated carbocycles. The molecule has 0 unspecified atom stereocenters. The van der Waals surface area contributed by atoms with Crippen molar-refractivity contribution in [1.29, 1.82) is 0 Å². The fourth-order valence-corrected chi connectivity index (χ4v) is 3.24. The van der Waals surface area contributed by atoms with Crippen LogP contribution in [0.15, 0.2) is 42.5 Å². The Morgan fingerprint density at radius 1 is 1.00 bits per heavy atom. The Hall–Kier alpha value is -2.89. The average molecular weight is 370 g/mol. The third-order valence-corrected chi connectivity index (χ3v) is 4.83. The van der Waals surface area contributed by atoms with Crippen LogP contribution in [0.3, 0.4) is 0 Å². The molecule has 0 spiro atoms. The molecule has 1 aliphatic heterocycles. The van der Waals surface area contributed by atoms with Crippen LogP contribution >= 0.6 is 0 Å². The second-order valence-corrected chi connectivity index (χ2v) is 6.66. The summed E-state index contributed by atoms with van der Waals surface area (Å²) in [6.45, 7) is 3.90. The number of ether oxygens (including phenoxy) is 1. The number of carbonyl (C=O) groups excluding carboxylic acids is 2. The summed E-state index contributed by atoms with van der Waals surface area (Å²) < 4.78 is 18.2. The van der Waals surface area contributed by atoms with Crippen molar-refractivity contribution < 1.29 is 18.7 Å². The molecule has 0 aliphatic carbocycles. The Labute approximate surface area is 158 Å². The Bertz CT molecular complexity index is 828. The molecule has 0 atom stereocenters. The van der Waals surface area contributed by atoms with E-state index >= 15 is 0 Å². The lowest BCUT2D eigenvalue weighted by atomic mass is 10.1. The number of halogens is 1. The van der Waals surface area contributed by atoms with Gasteiger partial charge in [0.2, 0.25) is 5.91 Å². The van der Waals surface area contributed by atoms with Gasteiger partial charge in [-0.05, 0) is 48.4 Å². The van der Waals surface area contributed by atoms with E-state index in [2.05, 4.69) is 0 Å². The molecule has 27 heavy (non-hydrogen) atoms. The van der Waals surface area contributed by atoms with Crippen molar-refractivity contribution in [3.63, 3.8) is 0 Å². The van der Waals surface area contributed by atoms with Gasteiger partial charge in [-0.25, -0.2) is 4.39 Å². The molecule has 2 amide bonds. The maximum atomic E-state index is 13.0. The van der Waals surface area contributed by atoms with Crippen LogP contribution in [-0.2, 0) is 11.2 Å². The first-order valence-corrected chi connectivity index (χ1v) is 8.94. The Morgan fingerprint density at radius 2 is 1.63 bits per heavy atom. The van der Waals surface area contributed by atoms with Gasteiger partial charge in [-0.2, -0.15) is 0 Å². The SMILES string of the molecule is COc1ccc(C(=O)N2CCN(C(=O)Cc3ccc(F)cc3)CC2)cc1C. The van der Waals surface area contributed by atoms with Gasteiger partial charge in [0.1, 0.15) is 11.6 Å². The van der Waals surface area contributed by atoms with E-state index in [-0.39, 0.29) is 24.1 Å². The summed E-state index contributed by atoms with van der Waals surface area (Å²) >= 11 is 0. The van der Waals surface area contributed by atoms with Crippen LogP contribution < -0.4 is 4.74 Å². The summed E-state index contributed by atoms with van der Waals surface area (Å²) in [6, 6.07) is 11.3. The number of benzene rings is 2. The van der Waals surface area contributed by atoms with Crippen molar-refractivity contribution in [2.45, 2.75) is 13.3 Å². The summed E-state index contributed by atoms with van der Waals surface area (Å²) in [4.78, 5) is 28.6. The fourth-order valence-electron chi connectivity index (χ4n) is 3.24. The van der Waals surface area contributed by atoms with E-state index in [0.717, 1.165) is 16.9 Å². The third-order valence-electron chi connectivity index (χ3n) is 4.83. The van der Waals surface area contributed by atoms with Crippen molar-refractivity contribution in [3.05, 3.63) is 65.0 Å². The maximum absolute atomic E-state index is 13.0. The molecule has 1 saturated heterocycles. The summed E-state index contributed by atoms with van der Waals surface area (Å²) in [7, 11) is 1.60. The van der Waals surface area contributed by atoms with Gasteiger partial charge in [0.25, 0.3) is 5.91 Å². The molecule has 0 bridgehead atoms. The summed E-state index contributed by atoms with van der Waals surface area (Å²) in [5.41, 5.74) is 2.32. The first-order chi connectivity index (χ1) is 13.0. The second-order valence-electron chi connectivity index (χ2n) is 6.66. The van der Waals surface area contributed by atoms with E-state index in [9.17, 15) is 14.0 Å². The molecule has 1 aliphatic rings. The zero-order valence-electron chi connectivity index (χ0n) is 15.6. The largest absolute Gasteiger partial charge is 0.496 e. The summed E-state index contributed by atoms with van der Waals surface area (Å²) in [6.07, 6.45) is 0.242. The first-order valence-electron chi connectivity index (χ1n) is 8.94. The minimum absolute atomic E-state index is 0.00556. The number of carbonyl (C=O) groups is 2. The normalized spacial score (nSPS) is 14.2. The smallest absolute Gasteiger partial charge is 0.253 e. The van der Waals surface area contributed by atoms with Crippen LogP contribution in [0, 0.1) is 12.7 Å². The van der Waals surface area contributed by atoms with Crippen molar-refractivity contribution in [2.75, 3.05) is 33.3 Å². The van der Waals surface area contributed by atoms with Gasteiger partial charge in [-0.1, -0.05) is 12.1 Å². The highest BCUT2D eigenvalue weighted by molar-refractivity contribution is 5.94. The Kier molecular flexibility index (Phi) is 5.74. The van der Waals surface area contributed by atoms with Gasteiger partial charge in [-0.15, -0.1) is 0 Å². The molecule has 0 radical (unpaired) electrons. The van der Waals surface area contributed by atoms with Crippen LogP contribution in [0.1, 0.15) is 21.5 Å². The predicted octanol–water partition coefficient (Wildman–Crippen LogP) is 2.67. The highest BCUT2D eigenvalue weighted by atomic mass is 19.1. The van der Waals surface area contributed by atoms with E-state index < -0.39 is 0 Å². The number of aryl methyl sites for hydroxylation is 1. The van der Waals surface area contributed by atoms with Crippen molar-refractivity contribution in [2.24, 2.45) is 0 Å². The molecule has 0 aromatic heterocycles. The molecule has 6 heteroatoms. The predicted molar refractivity (Wildman–Crippen MR) is 100 cm³/mol. The molecule has 1 fully saturated rings. The maximum Gasteiger partial charge on any atom is 0.253 e. The van der Waals surface area contributed by atoms with Crippen LogP contribution in [0.4, 0.5) is 4.39 Å². The van der Waals surface area contributed by atoms with E-state index in [1.54, 1.807) is 41.2 Å². The molecule has 3 rings (SSSR count). The lowest BCUT2D eigenvalue weighted by molar-refractivity contribution is -0.131. The van der Waals surface area contributed by atoms with Crippen LogP contribution in [0.5, 0.6) is 5.75 Å². The monoisotopic (exact) mass is 370 g/mol. The molecular weight excluding hydrogens is 347 g/mol. The van der Waals surface area contributed by atoms with E-state index in [0.29, 0.717) is 31.7 Å². The zero-order chi connectivity index (χ0) is 19.4. The number of rotatable bonds is 4. The number of hydrogen-bond acceptors (Lipinski definition) is 3. The molecule has 2 aromatic rings. The third kappa shape index (κ3) is 4.45. The number of hydrogen-bond donors (Lipinski definition) is 0. The summed E-state index contributed by atoms with van der Waals surface area (Å²) in [5.74, 6) is 0.398. The van der Waals surface area contributed by atoms with E-state index in [4.69, 9.17) is 4.74 Å². The number of nitrogens with zero attached hydrogens (tertiary/aromatic N) is 2. The minimum atomic E-state index is -0.313. The number of methoxy groups -OCH3 is 1. The zero-order valence-corrected chi connectivity index (χ0v) is 15.6. The van der Waals surface area contributed by atoms with Crippen molar-refractivity contribution >= 4 is 11.8 Å². The topological polar surface area (TPSA) is 49.9 Å². The lowest BCUT2D eigenvalue weighted by Crippen LogP contribution is -2.51. The van der Waals surface area contributed by atoms with Crippen molar-refractivity contribution in [1.82, 2.24) is 9.80 Å². The molecule has 142 valence electrons. The molecule has 2 aromatic carbocycles.